The first-order valence-corrected chi connectivity index (χ1v) is 10.5. The zero-order valence-electron chi connectivity index (χ0n) is 17.7. The minimum atomic E-state index is -0.0287. The summed E-state index contributed by atoms with van der Waals surface area (Å²) in [6.45, 7) is 8.63. The molecule has 2 nitrogen and oxygen atoms in total. The molecule has 0 bridgehead atoms. The molecular weight excluding hydrogens is 366 g/mol. The molecule has 3 aromatic rings. The Morgan fingerprint density at radius 3 is 2.40 bits per heavy atom. The van der Waals surface area contributed by atoms with Gasteiger partial charge in [0.1, 0.15) is 11.9 Å². The first-order chi connectivity index (χ1) is 14.7. The van der Waals surface area contributed by atoms with Crippen molar-refractivity contribution >= 4 is 0 Å². The maximum Gasteiger partial charge on any atom is 0.128 e. The van der Waals surface area contributed by atoms with Gasteiger partial charge in [0, 0.05) is 12.0 Å². The van der Waals surface area contributed by atoms with E-state index in [-0.39, 0.29) is 6.10 Å². The molecule has 0 saturated carbocycles. The summed E-state index contributed by atoms with van der Waals surface area (Å²) in [4.78, 5) is 0. The van der Waals surface area contributed by atoms with Crippen LogP contribution in [-0.2, 0) is 12.8 Å². The molecule has 0 fully saturated rings. The van der Waals surface area contributed by atoms with Crippen molar-refractivity contribution in [1.82, 2.24) is 5.32 Å². The molecule has 0 saturated heterocycles. The van der Waals surface area contributed by atoms with Crippen molar-refractivity contribution in [3.05, 3.63) is 115 Å². The third kappa shape index (κ3) is 5.71. The highest BCUT2D eigenvalue weighted by atomic mass is 16.5. The van der Waals surface area contributed by atoms with Gasteiger partial charge in [0.25, 0.3) is 0 Å². The van der Waals surface area contributed by atoms with Crippen LogP contribution in [0.2, 0.25) is 0 Å². The molecule has 0 aliphatic heterocycles. The fourth-order valence-electron chi connectivity index (χ4n) is 3.54. The number of ether oxygens (including phenoxy) is 1. The summed E-state index contributed by atoms with van der Waals surface area (Å²) in [5.74, 6) is 0.875. The number of benzene rings is 3. The molecule has 0 amide bonds. The standard InChI is InChI=1S/C28H30NO/c1-4-10-22-12-9-15-25(20-22)26-21-23(11-5-2)16-17-28(26)30-27(18-19-29-3)24-13-7-6-8-14-24/h4-9,12-14,16-17,20-21,27,29H,1-2,10-11,18-19H2,3H3. The lowest BCUT2D eigenvalue weighted by atomic mass is 9.97. The Labute approximate surface area is 180 Å². The van der Waals surface area contributed by atoms with Crippen LogP contribution in [0.25, 0.3) is 11.1 Å². The summed E-state index contributed by atoms with van der Waals surface area (Å²) in [5, 5.41) is 3.24. The predicted octanol–water partition coefficient (Wildman–Crippen LogP) is 6.34. The van der Waals surface area contributed by atoms with Gasteiger partial charge in [-0.25, -0.2) is 0 Å². The molecule has 153 valence electrons. The van der Waals surface area contributed by atoms with Crippen LogP contribution in [0.3, 0.4) is 0 Å². The summed E-state index contributed by atoms with van der Waals surface area (Å²) < 4.78 is 6.62. The minimum Gasteiger partial charge on any atom is -0.485 e. The average molecular weight is 397 g/mol. The van der Waals surface area contributed by atoms with E-state index in [1.807, 2.05) is 31.3 Å². The number of nitrogens with one attached hydrogen (secondary N) is 1. The van der Waals surface area contributed by atoms with Crippen molar-refractivity contribution in [2.45, 2.75) is 25.4 Å². The van der Waals surface area contributed by atoms with E-state index in [1.165, 1.54) is 16.7 Å². The molecule has 2 heteroatoms. The van der Waals surface area contributed by atoms with Crippen molar-refractivity contribution in [3.63, 3.8) is 0 Å². The molecule has 0 aromatic heterocycles. The van der Waals surface area contributed by atoms with Crippen LogP contribution < -0.4 is 10.1 Å². The molecule has 1 N–H and O–H groups in total. The topological polar surface area (TPSA) is 21.3 Å². The van der Waals surface area contributed by atoms with Gasteiger partial charge in [-0.3, -0.25) is 0 Å². The molecule has 3 aromatic carbocycles. The van der Waals surface area contributed by atoms with Gasteiger partial charge in [0.2, 0.25) is 0 Å². The number of allylic oxidation sites excluding steroid dienone is 2. The Kier molecular flexibility index (Phi) is 8.05. The van der Waals surface area contributed by atoms with Crippen LogP contribution in [-0.4, -0.2) is 13.6 Å². The van der Waals surface area contributed by atoms with E-state index in [2.05, 4.69) is 79.1 Å². The van der Waals surface area contributed by atoms with Gasteiger partial charge in [-0.1, -0.05) is 66.7 Å². The normalized spacial score (nSPS) is 11.6. The summed E-state index contributed by atoms with van der Waals surface area (Å²) in [5.41, 5.74) is 5.70. The fraction of sp³-hybridized carbons (Fsp3) is 0.214. The van der Waals surface area contributed by atoms with E-state index in [0.717, 1.165) is 42.7 Å². The molecule has 1 atom stereocenters. The zero-order chi connectivity index (χ0) is 21.2. The van der Waals surface area contributed by atoms with Gasteiger partial charge in [-0.15, -0.1) is 13.2 Å². The van der Waals surface area contributed by atoms with Gasteiger partial charge in [0.05, 0.1) is 0 Å². The third-order valence-electron chi connectivity index (χ3n) is 5.06. The predicted molar refractivity (Wildman–Crippen MR) is 127 cm³/mol. The second-order valence-electron chi connectivity index (χ2n) is 7.34. The van der Waals surface area contributed by atoms with Crippen LogP contribution in [0.5, 0.6) is 5.75 Å². The van der Waals surface area contributed by atoms with Gasteiger partial charge in [-0.2, -0.15) is 0 Å². The highest BCUT2D eigenvalue weighted by molar-refractivity contribution is 5.71. The lowest BCUT2D eigenvalue weighted by Crippen LogP contribution is -2.16. The SMILES string of the molecule is C=CCc1cc[c]c(-c2cc(CC=C)ccc2OC(CCNC)c2ccccc2)c1. The van der Waals surface area contributed by atoms with E-state index in [0.29, 0.717) is 0 Å². The molecule has 30 heavy (non-hydrogen) atoms. The van der Waals surface area contributed by atoms with Crippen LogP contribution in [0.4, 0.5) is 0 Å². The Bertz CT molecular complexity index is 961. The van der Waals surface area contributed by atoms with Gasteiger partial charge in [0.15, 0.2) is 0 Å². The summed E-state index contributed by atoms with van der Waals surface area (Å²) in [7, 11) is 1.97. The van der Waals surface area contributed by atoms with Crippen LogP contribution in [0.1, 0.15) is 29.2 Å². The van der Waals surface area contributed by atoms with E-state index < -0.39 is 0 Å². The van der Waals surface area contributed by atoms with Gasteiger partial charge >= 0.3 is 0 Å². The number of hydrogen-bond acceptors (Lipinski definition) is 2. The van der Waals surface area contributed by atoms with Crippen LogP contribution >= 0.6 is 0 Å². The van der Waals surface area contributed by atoms with Gasteiger partial charge in [-0.05, 0) is 66.9 Å². The Morgan fingerprint density at radius 2 is 1.70 bits per heavy atom. The Morgan fingerprint density at radius 1 is 0.967 bits per heavy atom. The monoisotopic (exact) mass is 396 g/mol. The molecule has 0 aliphatic carbocycles. The van der Waals surface area contributed by atoms with Crippen LogP contribution in [0, 0.1) is 6.07 Å². The van der Waals surface area contributed by atoms with Gasteiger partial charge < -0.3 is 10.1 Å². The molecule has 1 unspecified atom stereocenters. The summed E-state index contributed by atoms with van der Waals surface area (Å²) >= 11 is 0. The highest BCUT2D eigenvalue weighted by Crippen LogP contribution is 2.35. The summed E-state index contributed by atoms with van der Waals surface area (Å²) in [6, 6.07) is 26.4. The lowest BCUT2D eigenvalue weighted by Gasteiger charge is -2.22. The van der Waals surface area contributed by atoms with E-state index in [4.69, 9.17) is 4.74 Å². The molecule has 0 spiro atoms. The first kappa shape index (κ1) is 21.6. The molecule has 3 rings (SSSR count). The van der Waals surface area contributed by atoms with Crippen LogP contribution in [0.15, 0.2) is 92.0 Å². The quantitative estimate of drug-likeness (QED) is 0.382. The Balaban J connectivity index is 2.01. The maximum atomic E-state index is 6.62. The first-order valence-electron chi connectivity index (χ1n) is 10.5. The van der Waals surface area contributed by atoms with E-state index >= 15 is 0 Å². The lowest BCUT2D eigenvalue weighted by molar-refractivity contribution is 0.196. The minimum absolute atomic E-state index is 0.0287. The smallest absolute Gasteiger partial charge is 0.128 e. The van der Waals surface area contributed by atoms with Crippen molar-refractivity contribution in [2.24, 2.45) is 0 Å². The summed E-state index contributed by atoms with van der Waals surface area (Å²) in [6.07, 6.45) is 6.36. The van der Waals surface area contributed by atoms with Crippen molar-refractivity contribution in [2.75, 3.05) is 13.6 Å². The van der Waals surface area contributed by atoms with Crippen molar-refractivity contribution < 1.29 is 4.74 Å². The van der Waals surface area contributed by atoms with E-state index in [1.54, 1.807) is 0 Å². The fourth-order valence-corrected chi connectivity index (χ4v) is 3.54. The second-order valence-corrected chi connectivity index (χ2v) is 7.34. The molecule has 1 radical (unpaired) electrons. The molecule has 0 heterocycles. The number of rotatable bonds is 11. The third-order valence-corrected chi connectivity index (χ3v) is 5.06. The molecular formula is C28H30NO. The number of hydrogen-bond donors (Lipinski definition) is 1. The highest BCUT2D eigenvalue weighted by Gasteiger charge is 2.16. The second kappa shape index (κ2) is 11.2. The largest absolute Gasteiger partial charge is 0.485 e. The average Bonchev–Trinajstić information content (AvgIpc) is 2.78. The van der Waals surface area contributed by atoms with Crippen molar-refractivity contribution in [1.29, 1.82) is 0 Å². The van der Waals surface area contributed by atoms with E-state index in [9.17, 15) is 0 Å². The van der Waals surface area contributed by atoms with Crippen molar-refractivity contribution in [3.8, 4) is 16.9 Å². The maximum absolute atomic E-state index is 6.62. The molecule has 0 aliphatic rings. The zero-order valence-corrected chi connectivity index (χ0v) is 17.7. The Hall–Kier alpha value is -3.10.